The average molecular weight is 370 g/mol. The fourth-order valence-electron chi connectivity index (χ4n) is 3.38. The Morgan fingerprint density at radius 1 is 1.35 bits per heavy atom. The number of anilines is 1. The number of fused-ring (bicyclic) bond motifs is 1. The molecule has 136 valence electrons. The van der Waals surface area contributed by atoms with Crippen molar-refractivity contribution in [3.63, 3.8) is 0 Å². The fourth-order valence-corrected chi connectivity index (χ4v) is 4.27. The highest BCUT2D eigenvalue weighted by molar-refractivity contribution is 7.22. The Morgan fingerprint density at radius 2 is 2.19 bits per heavy atom. The maximum atomic E-state index is 12.5. The van der Waals surface area contributed by atoms with Crippen molar-refractivity contribution in [1.82, 2.24) is 14.8 Å². The Kier molecular flexibility index (Phi) is 4.88. The SMILES string of the molecule is CCOc1ccc2nc(NC(=O)c3cnn(C4CCCCC4)c3)sc2c1. The van der Waals surface area contributed by atoms with Gasteiger partial charge in [-0.3, -0.25) is 14.8 Å². The van der Waals surface area contributed by atoms with Gasteiger partial charge in [0.2, 0.25) is 0 Å². The molecule has 0 spiro atoms. The number of nitrogens with zero attached hydrogens (tertiary/aromatic N) is 3. The molecule has 0 saturated heterocycles. The number of carbonyl (C=O) groups excluding carboxylic acids is 1. The topological polar surface area (TPSA) is 69.0 Å². The minimum atomic E-state index is -0.170. The van der Waals surface area contributed by atoms with Crippen LogP contribution in [0.25, 0.3) is 10.2 Å². The summed E-state index contributed by atoms with van der Waals surface area (Å²) in [5.74, 6) is 0.645. The molecule has 1 aliphatic rings. The highest BCUT2D eigenvalue weighted by Crippen LogP contribution is 2.30. The number of thiazole rings is 1. The van der Waals surface area contributed by atoms with Gasteiger partial charge >= 0.3 is 0 Å². The van der Waals surface area contributed by atoms with Crippen LogP contribution in [0, 0.1) is 0 Å². The summed E-state index contributed by atoms with van der Waals surface area (Å²) in [6, 6.07) is 6.18. The summed E-state index contributed by atoms with van der Waals surface area (Å²) in [6.07, 6.45) is 9.55. The number of hydrogen-bond donors (Lipinski definition) is 1. The van der Waals surface area contributed by atoms with E-state index in [1.165, 1.54) is 30.6 Å². The van der Waals surface area contributed by atoms with Crippen LogP contribution in [0.4, 0.5) is 5.13 Å². The van der Waals surface area contributed by atoms with Crippen LogP contribution < -0.4 is 10.1 Å². The van der Waals surface area contributed by atoms with Crippen LogP contribution in [0.5, 0.6) is 5.75 Å². The summed E-state index contributed by atoms with van der Waals surface area (Å²) in [5, 5.41) is 7.88. The molecule has 7 heteroatoms. The van der Waals surface area contributed by atoms with Gasteiger partial charge in [-0.25, -0.2) is 4.98 Å². The first-order valence-electron chi connectivity index (χ1n) is 9.12. The van der Waals surface area contributed by atoms with Crippen LogP contribution in [-0.2, 0) is 0 Å². The van der Waals surface area contributed by atoms with Crippen molar-refractivity contribution in [2.45, 2.75) is 45.1 Å². The molecule has 4 rings (SSSR count). The second-order valence-electron chi connectivity index (χ2n) is 6.54. The van der Waals surface area contributed by atoms with Gasteiger partial charge in [0.25, 0.3) is 5.91 Å². The molecule has 1 amide bonds. The second-order valence-corrected chi connectivity index (χ2v) is 7.57. The van der Waals surface area contributed by atoms with Crippen molar-refractivity contribution in [3.8, 4) is 5.75 Å². The van der Waals surface area contributed by atoms with Crippen molar-refractivity contribution in [1.29, 1.82) is 0 Å². The van der Waals surface area contributed by atoms with Crippen LogP contribution >= 0.6 is 11.3 Å². The Balaban J connectivity index is 1.47. The number of benzene rings is 1. The van der Waals surface area contributed by atoms with E-state index in [1.807, 2.05) is 36.0 Å². The van der Waals surface area contributed by atoms with E-state index in [4.69, 9.17) is 4.74 Å². The molecular formula is C19H22N4O2S. The van der Waals surface area contributed by atoms with Crippen LogP contribution in [0.2, 0.25) is 0 Å². The third kappa shape index (κ3) is 3.58. The molecule has 26 heavy (non-hydrogen) atoms. The average Bonchev–Trinajstić information content (AvgIpc) is 3.29. The summed E-state index contributed by atoms with van der Waals surface area (Å²) < 4.78 is 8.45. The lowest BCUT2D eigenvalue weighted by molar-refractivity contribution is 0.102. The zero-order valence-corrected chi connectivity index (χ0v) is 15.6. The smallest absolute Gasteiger partial charge is 0.260 e. The molecule has 1 N–H and O–H groups in total. The van der Waals surface area contributed by atoms with E-state index >= 15 is 0 Å². The zero-order valence-electron chi connectivity index (χ0n) is 14.8. The van der Waals surface area contributed by atoms with Crippen molar-refractivity contribution in [2.24, 2.45) is 0 Å². The van der Waals surface area contributed by atoms with Crippen molar-refractivity contribution in [3.05, 3.63) is 36.2 Å². The number of aromatic nitrogens is 3. The van der Waals surface area contributed by atoms with Gasteiger partial charge in [-0.05, 0) is 38.0 Å². The van der Waals surface area contributed by atoms with Gasteiger partial charge in [0.15, 0.2) is 5.13 Å². The molecule has 0 atom stereocenters. The molecule has 1 fully saturated rings. The summed E-state index contributed by atoms with van der Waals surface area (Å²) in [6.45, 7) is 2.58. The Hall–Kier alpha value is -2.41. The van der Waals surface area contributed by atoms with E-state index in [1.54, 1.807) is 6.20 Å². The van der Waals surface area contributed by atoms with E-state index in [9.17, 15) is 4.79 Å². The molecule has 0 radical (unpaired) electrons. The lowest BCUT2D eigenvalue weighted by atomic mass is 9.96. The number of nitrogens with one attached hydrogen (secondary N) is 1. The summed E-state index contributed by atoms with van der Waals surface area (Å²) in [4.78, 5) is 17.0. The fraction of sp³-hybridized carbons (Fsp3) is 0.421. The lowest BCUT2D eigenvalue weighted by Crippen LogP contribution is -2.14. The summed E-state index contributed by atoms with van der Waals surface area (Å²) in [5.41, 5.74) is 1.43. The highest BCUT2D eigenvalue weighted by Gasteiger charge is 2.18. The zero-order chi connectivity index (χ0) is 17.9. The van der Waals surface area contributed by atoms with Crippen LogP contribution in [0.1, 0.15) is 55.4 Å². The number of amides is 1. The Labute approximate surface area is 156 Å². The van der Waals surface area contributed by atoms with E-state index < -0.39 is 0 Å². The van der Waals surface area contributed by atoms with E-state index in [-0.39, 0.29) is 5.91 Å². The first kappa shape index (κ1) is 17.0. The van der Waals surface area contributed by atoms with Gasteiger partial charge in [0, 0.05) is 6.20 Å². The van der Waals surface area contributed by atoms with Gasteiger partial charge in [-0.1, -0.05) is 30.6 Å². The number of rotatable bonds is 5. The third-order valence-electron chi connectivity index (χ3n) is 4.70. The minimum absolute atomic E-state index is 0.170. The molecular weight excluding hydrogens is 348 g/mol. The van der Waals surface area contributed by atoms with E-state index in [2.05, 4.69) is 15.4 Å². The number of ether oxygens (including phenoxy) is 1. The van der Waals surface area contributed by atoms with Crippen LogP contribution in [0.3, 0.4) is 0 Å². The molecule has 0 bridgehead atoms. The van der Waals surface area contributed by atoms with Gasteiger partial charge in [-0.15, -0.1) is 0 Å². The van der Waals surface area contributed by atoms with Crippen LogP contribution in [-0.4, -0.2) is 27.3 Å². The molecule has 1 aliphatic carbocycles. The van der Waals surface area contributed by atoms with Gasteiger partial charge in [0.05, 0.1) is 34.6 Å². The normalized spacial score (nSPS) is 15.3. The summed E-state index contributed by atoms with van der Waals surface area (Å²) in [7, 11) is 0. The molecule has 0 unspecified atom stereocenters. The molecule has 6 nitrogen and oxygen atoms in total. The second kappa shape index (κ2) is 7.45. The first-order chi connectivity index (χ1) is 12.7. The Morgan fingerprint density at radius 3 is 3.00 bits per heavy atom. The van der Waals surface area contributed by atoms with Crippen molar-refractivity contribution < 1.29 is 9.53 Å². The Bertz CT molecular complexity index is 911. The molecule has 3 aromatic rings. The first-order valence-corrected chi connectivity index (χ1v) is 9.93. The minimum Gasteiger partial charge on any atom is -0.494 e. The molecule has 0 aliphatic heterocycles. The third-order valence-corrected chi connectivity index (χ3v) is 5.64. The molecule has 1 saturated carbocycles. The predicted octanol–water partition coefficient (Wildman–Crippen LogP) is 4.65. The van der Waals surface area contributed by atoms with Crippen LogP contribution in [0.15, 0.2) is 30.6 Å². The van der Waals surface area contributed by atoms with Gasteiger partial charge in [-0.2, -0.15) is 5.10 Å². The van der Waals surface area contributed by atoms with Gasteiger partial charge in [0.1, 0.15) is 5.75 Å². The largest absolute Gasteiger partial charge is 0.494 e. The maximum absolute atomic E-state index is 12.5. The van der Waals surface area contributed by atoms with Crippen molar-refractivity contribution in [2.75, 3.05) is 11.9 Å². The standard InChI is InChI=1S/C19H22N4O2S/c1-2-25-15-8-9-16-17(10-15)26-19(21-16)22-18(24)13-11-20-23(12-13)14-6-4-3-5-7-14/h8-12,14H,2-7H2,1H3,(H,21,22,24). The van der Waals surface area contributed by atoms with Crippen molar-refractivity contribution >= 4 is 32.6 Å². The monoisotopic (exact) mass is 370 g/mol. The predicted molar refractivity (Wildman–Crippen MR) is 103 cm³/mol. The quantitative estimate of drug-likeness (QED) is 0.710. The lowest BCUT2D eigenvalue weighted by Gasteiger charge is -2.21. The maximum Gasteiger partial charge on any atom is 0.260 e. The molecule has 2 aromatic heterocycles. The molecule has 2 heterocycles. The summed E-state index contributed by atoms with van der Waals surface area (Å²) >= 11 is 1.44. The van der Waals surface area contributed by atoms with Gasteiger partial charge < -0.3 is 4.74 Å². The van der Waals surface area contributed by atoms with E-state index in [0.717, 1.165) is 28.8 Å². The number of hydrogen-bond acceptors (Lipinski definition) is 5. The van der Waals surface area contributed by atoms with E-state index in [0.29, 0.717) is 23.3 Å². The number of carbonyl (C=O) groups is 1. The molecule has 1 aromatic carbocycles. The highest BCUT2D eigenvalue weighted by atomic mass is 32.1.